The Morgan fingerprint density at radius 3 is 2.50 bits per heavy atom. The van der Waals surface area contributed by atoms with E-state index in [9.17, 15) is 27.9 Å². The highest BCUT2D eigenvalue weighted by Gasteiger charge is 2.63. The Balaban J connectivity index is 2.26. The first-order valence-corrected chi connectivity index (χ1v) is 8.10. The standard InChI is InChI=1S/C17H16F3N3O3/c1-21-13-11(14(24)22(2)15(21)25)16(26,17(18,19)20)10-7-3-5-9-6-4-8-23(13)12(9)10/h3,5,7,26H,4,6,8H2,1-2H3. The van der Waals surface area contributed by atoms with Crippen molar-refractivity contribution >= 4 is 11.5 Å². The number of aryl methyl sites for hydroxylation is 1. The van der Waals surface area contributed by atoms with E-state index in [1.54, 1.807) is 11.0 Å². The number of rotatable bonds is 0. The smallest absolute Gasteiger partial charge is 0.372 e. The Morgan fingerprint density at radius 2 is 1.85 bits per heavy atom. The van der Waals surface area contributed by atoms with E-state index in [2.05, 4.69) is 0 Å². The Hall–Kier alpha value is -2.55. The van der Waals surface area contributed by atoms with Crippen LogP contribution in [0.5, 0.6) is 0 Å². The zero-order valence-corrected chi connectivity index (χ0v) is 14.1. The van der Waals surface area contributed by atoms with E-state index in [0.29, 0.717) is 29.5 Å². The van der Waals surface area contributed by atoms with Gasteiger partial charge in [-0.2, -0.15) is 13.2 Å². The summed E-state index contributed by atoms with van der Waals surface area (Å²) in [6, 6.07) is 4.34. The van der Waals surface area contributed by atoms with E-state index in [0.717, 1.165) is 11.6 Å². The van der Waals surface area contributed by atoms with Crippen molar-refractivity contribution in [1.29, 1.82) is 0 Å². The third-order valence-electron chi connectivity index (χ3n) is 5.27. The predicted molar refractivity (Wildman–Crippen MR) is 87.7 cm³/mol. The molecule has 0 spiro atoms. The van der Waals surface area contributed by atoms with Crippen molar-refractivity contribution in [2.75, 3.05) is 11.4 Å². The minimum atomic E-state index is -5.13. The molecular weight excluding hydrogens is 351 g/mol. The number of aliphatic hydroxyl groups is 1. The monoisotopic (exact) mass is 367 g/mol. The maximum atomic E-state index is 14.1. The molecule has 0 radical (unpaired) electrons. The number of aromatic nitrogens is 2. The molecule has 0 bridgehead atoms. The van der Waals surface area contributed by atoms with Crippen LogP contribution in [0.1, 0.15) is 23.1 Å². The summed E-state index contributed by atoms with van der Waals surface area (Å²) < 4.78 is 43.9. The fourth-order valence-corrected chi connectivity index (χ4v) is 4.05. The number of anilines is 2. The van der Waals surface area contributed by atoms with Crippen LogP contribution in [0.3, 0.4) is 0 Å². The van der Waals surface area contributed by atoms with Crippen LogP contribution in [0.2, 0.25) is 0 Å². The third-order valence-corrected chi connectivity index (χ3v) is 5.27. The second-order valence-corrected chi connectivity index (χ2v) is 6.68. The van der Waals surface area contributed by atoms with Gasteiger partial charge in [0.05, 0.1) is 5.69 Å². The quantitative estimate of drug-likeness (QED) is 0.762. The Morgan fingerprint density at radius 1 is 1.15 bits per heavy atom. The number of para-hydroxylation sites is 1. The highest BCUT2D eigenvalue weighted by atomic mass is 19.4. The molecule has 0 saturated heterocycles. The van der Waals surface area contributed by atoms with Gasteiger partial charge in [-0.25, -0.2) is 4.79 Å². The van der Waals surface area contributed by atoms with Crippen LogP contribution in [0.25, 0.3) is 0 Å². The lowest BCUT2D eigenvalue weighted by Gasteiger charge is -2.45. The lowest BCUT2D eigenvalue weighted by Crippen LogP contribution is -2.56. The zero-order chi connectivity index (χ0) is 19.0. The number of hydrogen-bond donors (Lipinski definition) is 1. The molecule has 26 heavy (non-hydrogen) atoms. The van der Waals surface area contributed by atoms with E-state index in [1.165, 1.54) is 19.2 Å². The van der Waals surface area contributed by atoms with E-state index >= 15 is 0 Å². The molecule has 2 aromatic rings. The molecule has 4 rings (SSSR count). The largest absolute Gasteiger partial charge is 0.426 e. The summed E-state index contributed by atoms with van der Waals surface area (Å²) in [5.41, 5.74) is -5.70. The van der Waals surface area contributed by atoms with Gasteiger partial charge in [-0.3, -0.25) is 13.9 Å². The van der Waals surface area contributed by atoms with Gasteiger partial charge in [0.15, 0.2) is 0 Å². The molecule has 1 N–H and O–H groups in total. The second-order valence-electron chi connectivity index (χ2n) is 6.68. The number of halogens is 3. The van der Waals surface area contributed by atoms with E-state index in [1.807, 2.05) is 0 Å². The third kappa shape index (κ3) is 1.81. The van der Waals surface area contributed by atoms with Crippen molar-refractivity contribution in [3.05, 3.63) is 55.7 Å². The summed E-state index contributed by atoms with van der Waals surface area (Å²) in [5.74, 6) is -0.197. The van der Waals surface area contributed by atoms with Gasteiger partial charge in [0.2, 0.25) is 5.60 Å². The van der Waals surface area contributed by atoms with E-state index in [-0.39, 0.29) is 17.1 Å². The van der Waals surface area contributed by atoms with E-state index in [4.69, 9.17) is 0 Å². The van der Waals surface area contributed by atoms with E-state index < -0.39 is 28.6 Å². The van der Waals surface area contributed by atoms with Gasteiger partial charge in [-0.05, 0) is 18.4 Å². The molecule has 1 aromatic heterocycles. The van der Waals surface area contributed by atoms with Crippen molar-refractivity contribution in [1.82, 2.24) is 9.13 Å². The van der Waals surface area contributed by atoms with Crippen LogP contribution in [0.4, 0.5) is 24.7 Å². The van der Waals surface area contributed by atoms with Crippen LogP contribution in [-0.2, 0) is 26.1 Å². The first kappa shape index (κ1) is 16.9. The van der Waals surface area contributed by atoms with Crippen molar-refractivity contribution in [3.8, 4) is 0 Å². The van der Waals surface area contributed by atoms with Gasteiger partial charge < -0.3 is 10.0 Å². The summed E-state index contributed by atoms with van der Waals surface area (Å²) in [6.45, 7) is 0.353. The highest BCUT2D eigenvalue weighted by Crippen LogP contribution is 2.54. The molecule has 138 valence electrons. The van der Waals surface area contributed by atoms with Crippen LogP contribution in [0, 0.1) is 0 Å². The minimum Gasteiger partial charge on any atom is -0.372 e. The molecule has 0 aliphatic carbocycles. The number of fused-ring (bicyclic) bond motifs is 2. The molecule has 1 atom stereocenters. The summed E-state index contributed by atoms with van der Waals surface area (Å²) >= 11 is 0. The lowest BCUT2D eigenvalue weighted by atomic mass is 9.79. The Bertz CT molecular complexity index is 1050. The normalized spacial score (nSPS) is 21.4. The van der Waals surface area contributed by atoms with Crippen LogP contribution in [-0.4, -0.2) is 27.0 Å². The summed E-state index contributed by atoms with van der Waals surface area (Å²) in [7, 11) is 2.41. The van der Waals surface area contributed by atoms with Gasteiger partial charge in [-0.15, -0.1) is 0 Å². The predicted octanol–water partition coefficient (Wildman–Crippen LogP) is 1.28. The van der Waals surface area contributed by atoms with Crippen LogP contribution < -0.4 is 16.1 Å². The number of hydrogen-bond acceptors (Lipinski definition) is 4. The average molecular weight is 367 g/mol. The lowest BCUT2D eigenvalue weighted by molar-refractivity contribution is -0.249. The molecule has 6 nitrogen and oxygen atoms in total. The van der Waals surface area contributed by atoms with Crippen molar-refractivity contribution in [2.45, 2.75) is 24.6 Å². The summed E-state index contributed by atoms with van der Waals surface area (Å²) in [6.07, 6.45) is -3.92. The van der Waals surface area contributed by atoms with Gasteiger partial charge in [0.1, 0.15) is 11.4 Å². The minimum absolute atomic E-state index is 0.197. The average Bonchev–Trinajstić information content (AvgIpc) is 2.60. The SMILES string of the molecule is Cn1c2c(c(=O)n(C)c1=O)C(O)(C(F)(F)F)c1cccc3c1N2CCC3. The first-order chi connectivity index (χ1) is 12.1. The topological polar surface area (TPSA) is 67.5 Å². The molecule has 1 aromatic carbocycles. The molecule has 3 heterocycles. The van der Waals surface area contributed by atoms with Crippen molar-refractivity contribution in [2.24, 2.45) is 14.1 Å². The van der Waals surface area contributed by atoms with Crippen molar-refractivity contribution < 1.29 is 18.3 Å². The molecule has 1 unspecified atom stereocenters. The summed E-state index contributed by atoms with van der Waals surface area (Å²) in [5, 5.41) is 10.9. The number of benzene rings is 1. The molecule has 2 aliphatic heterocycles. The zero-order valence-electron chi connectivity index (χ0n) is 14.1. The highest BCUT2D eigenvalue weighted by molar-refractivity contribution is 5.78. The molecule has 0 amide bonds. The van der Waals surface area contributed by atoms with Crippen LogP contribution in [0.15, 0.2) is 27.8 Å². The Kier molecular flexibility index (Phi) is 3.25. The number of alkyl halides is 3. The number of nitrogens with zero attached hydrogens (tertiary/aromatic N) is 3. The molecular formula is C17H16F3N3O3. The fraction of sp³-hybridized carbons (Fsp3) is 0.412. The maximum Gasteiger partial charge on any atom is 0.426 e. The molecule has 0 fully saturated rings. The first-order valence-electron chi connectivity index (χ1n) is 8.10. The van der Waals surface area contributed by atoms with Crippen LogP contribution >= 0.6 is 0 Å². The van der Waals surface area contributed by atoms with Crippen molar-refractivity contribution in [3.63, 3.8) is 0 Å². The fourth-order valence-electron chi connectivity index (χ4n) is 4.05. The van der Waals surface area contributed by atoms with Gasteiger partial charge in [0, 0.05) is 26.2 Å². The summed E-state index contributed by atoms with van der Waals surface area (Å²) in [4.78, 5) is 26.6. The van der Waals surface area contributed by atoms with Gasteiger partial charge in [-0.1, -0.05) is 18.2 Å². The Labute approximate surface area is 145 Å². The maximum absolute atomic E-state index is 14.1. The second kappa shape index (κ2) is 5.00. The molecule has 2 aliphatic rings. The van der Waals surface area contributed by atoms with Gasteiger partial charge >= 0.3 is 11.9 Å². The molecule has 0 saturated carbocycles. The van der Waals surface area contributed by atoms with Gasteiger partial charge in [0.25, 0.3) is 5.56 Å². The molecule has 9 heteroatoms.